The standard InChI is InChI=1S/C26H27F3N2O6/c1-3-36-15-19(25(33)34)24(32)18-12-20(27)23(22(29)21(18)28)31-11-7-10-17(13-31)30(2)26(35)37-14-16-8-5-4-6-9-16/h4-6,8-9,12,15,17H,3,7,10-11,13-14H2,1-2H3,(H,33,34). The van der Waals surface area contributed by atoms with E-state index in [9.17, 15) is 23.9 Å². The quantitative estimate of drug-likeness (QED) is 0.130. The number of ether oxygens (including phenoxy) is 2. The smallest absolute Gasteiger partial charge is 0.410 e. The van der Waals surface area contributed by atoms with Crippen LogP contribution < -0.4 is 4.90 Å². The number of carbonyl (C=O) groups excluding carboxylic acids is 2. The van der Waals surface area contributed by atoms with Crippen LogP contribution in [0.5, 0.6) is 0 Å². The summed E-state index contributed by atoms with van der Waals surface area (Å²) in [6, 6.07) is 9.05. The molecule has 1 atom stereocenters. The lowest BCUT2D eigenvalue weighted by atomic mass is 10.00. The van der Waals surface area contributed by atoms with Crippen molar-refractivity contribution in [2.24, 2.45) is 0 Å². The van der Waals surface area contributed by atoms with Crippen molar-refractivity contribution in [3.8, 4) is 0 Å². The number of ketones is 1. The number of amides is 1. The SMILES string of the molecule is CCOC=C(C(=O)O)C(=O)c1cc(F)c(N2CCCC(N(C)C(=O)OCc3ccccc3)C2)c(F)c1F. The van der Waals surface area contributed by atoms with Crippen molar-refractivity contribution in [1.29, 1.82) is 0 Å². The number of piperidine rings is 1. The van der Waals surface area contributed by atoms with Crippen LogP contribution in [0.1, 0.15) is 35.7 Å². The van der Waals surface area contributed by atoms with Crippen molar-refractivity contribution >= 4 is 23.5 Å². The average Bonchev–Trinajstić information content (AvgIpc) is 2.89. The molecule has 0 aliphatic carbocycles. The third-order valence-electron chi connectivity index (χ3n) is 5.98. The number of likely N-dealkylation sites (N-methyl/N-ethyl adjacent to an activating group) is 1. The lowest BCUT2D eigenvalue weighted by molar-refractivity contribution is -0.132. The number of anilines is 1. The lowest BCUT2D eigenvalue weighted by Crippen LogP contribution is -2.49. The number of hydrogen-bond acceptors (Lipinski definition) is 6. The Hall–Kier alpha value is -4.02. The summed E-state index contributed by atoms with van der Waals surface area (Å²) in [4.78, 5) is 39.0. The van der Waals surface area contributed by atoms with Crippen molar-refractivity contribution in [3.05, 3.63) is 76.8 Å². The maximum atomic E-state index is 15.1. The molecule has 198 valence electrons. The molecule has 1 heterocycles. The predicted molar refractivity (Wildman–Crippen MR) is 128 cm³/mol. The Labute approximate surface area is 211 Å². The highest BCUT2D eigenvalue weighted by atomic mass is 19.2. The molecule has 0 spiro atoms. The van der Waals surface area contributed by atoms with Crippen LogP contribution in [0, 0.1) is 17.5 Å². The van der Waals surface area contributed by atoms with Crippen LogP contribution in [0.2, 0.25) is 0 Å². The molecule has 8 nitrogen and oxygen atoms in total. The fourth-order valence-electron chi connectivity index (χ4n) is 4.00. The Balaban J connectivity index is 1.78. The molecular formula is C26H27F3N2O6. The summed E-state index contributed by atoms with van der Waals surface area (Å²) in [5.41, 5.74) is -1.94. The predicted octanol–water partition coefficient (Wildman–Crippen LogP) is 4.53. The van der Waals surface area contributed by atoms with Gasteiger partial charge in [-0.3, -0.25) is 4.79 Å². The molecule has 1 amide bonds. The summed E-state index contributed by atoms with van der Waals surface area (Å²) >= 11 is 0. The summed E-state index contributed by atoms with van der Waals surface area (Å²) in [6.07, 6.45) is 0.962. The molecule has 0 bridgehead atoms. The minimum absolute atomic E-state index is 0.0118. The Morgan fingerprint density at radius 3 is 2.51 bits per heavy atom. The summed E-state index contributed by atoms with van der Waals surface area (Å²) in [6.45, 7) is 1.78. The number of carboxylic acid groups (broad SMARTS) is 1. The molecule has 37 heavy (non-hydrogen) atoms. The molecule has 1 saturated heterocycles. The molecule has 1 aliphatic heterocycles. The molecule has 1 fully saturated rings. The summed E-state index contributed by atoms with van der Waals surface area (Å²) in [5, 5.41) is 9.22. The minimum atomic E-state index is -1.73. The minimum Gasteiger partial charge on any atom is -0.500 e. The molecule has 0 radical (unpaired) electrons. The Morgan fingerprint density at radius 1 is 1.16 bits per heavy atom. The zero-order valence-corrected chi connectivity index (χ0v) is 20.4. The van der Waals surface area contributed by atoms with Crippen molar-refractivity contribution in [1.82, 2.24) is 4.90 Å². The Morgan fingerprint density at radius 2 is 1.86 bits per heavy atom. The summed E-state index contributed by atoms with van der Waals surface area (Å²) in [7, 11) is 1.51. The first kappa shape index (κ1) is 27.6. The van der Waals surface area contributed by atoms with E-state index in [1.54, 1.807) is 12.1 Å². The second-order valence-electron chi connectivity index (χ2n) is 8.40. The van der Waals surface area contributed by atoms with Gasteiger partial charge in [-0.15, -0.1) is 0 Å². The number of hydrogen-bond donors (Lipinski definition) is 1. The van der Waals surface area contributed by atoms with E-state index in [0.717, 1.165) is 5.56 Å². The summed E-state index contributed by atoms with van der Waals surface area (Å²) in [5.74, 6) is -7.70. The normalized spacial score (nSPS) is 15.8. The van der Waals surface area contributed by atoms with E-state index in [4.69, 9.17) is 9.47 Å². The molecule has 1 aliphatic rings. The first-order chi connectivity index (χ1) is 17.6. The highest BCUT2D eigenvalue weighted by molar-refractivity contribution is 6.23. The third kappa shape index (κ3) is 6.41. The number of Topliss-reactive ketones (excluding diaryl/α,β-unsaturated/α-hetero) is 1. The van der Waals surface area contributed by atoms with Gasteiger partial charge in [0.1, 0.15) is 29.9 Å². The Kier molecular flexibility index (Phi) is 9.15. The van der Waals surface area contributed by atoms with Crippen LogP contribution in [0.4, 0.5) is 23.7 Å². The van der Waals surface area contributed by atoms with E-state index < -0.39 is 58.2 Å². The second kappa shape index (κ2) is 12.3. The van der Waals surface area contributed by atoms with Crippen LogP contribution in [0.3, 0.4) is 0 Å². The van der Waals surface area contributed by atoms with Crippen LogP contribution in [0.25, 0.3) is 0 Å². The number of carboxylic acids is 1. The van der Waals surface area contributed by atoms with E-state index in [1.165, 1.54) is 23.8 Å². The van der Waals surface area contributed by atoms with Gasteiger partial charge in [-0.05, 0) is 31.4 Å². The molecule has 0 aromatic heterocycles. The largest absolute Gasteiger partial charge is 0.500 e. The number of aliphatic carboxylic acids is 1. The van der Waals surface area contributed by atoms with Crippen LogP contribution in [-0.2, 0) is 20.9 Å². The molecule has 1 unspecified atom stereocenters. The summed E-state index contributed by atoms with van der Waals surface area (Å²) < 4.78 is 55.1. The van der Waals surface area contributed by atoms with Crippen LogP contribution in [-0.4, -0.2) is 60.6 Å². The lowest BCUT2D eigenvalue weighted by Gasteiger charge is -2.38. The first-order valence-electron chi connectivity index (χ1n) is 11.6. The molecule has 0 saturated carbocycles. The van der Waals surface area contributed by atoms with E-state index in [0.29, 0.717) is 25.2 Å². The van der Waals surface area contributed by atoms with Gasteiger partial charge in [0.05, 0.1) is 18.2 Å². The molecule has 1 N–H and O–H groups in total. The number of halogens is 3. The highest BCUT2D eigenvalue weighted by Crippen LogP contribution is 2.32. The van der Waals surface area contributed by atoms with Gasteiger partial charge in [-0.2, -0.15) is 0 Å². The Bertz CT molecular complexity index is 1190. The van der Waals surface area contributed by atoms with E-state index in [-0.39, 0.29) is 26.3 Å². The van der Waals surface area contributed by atoms with Gasteiger partial charge in [-0.25, -0.2) is 22.8 Å². The van der Waals surface area contributed by atoms with Gasteiger partial charge < -0.3 is 24.4 Å². The van der Waals surface area contributed by atoms with Gasteiger partial charge in [0, 0.05) is 20.1 Å². The van der Waals surface area contributed by atoms with E-state index in [2.05, 4.69) is 0 Å². The zero-order valence-electron chi connectivity index (χ0n) is 20.4. The van der Waals surface area contributed by atoms with Gasteiger partial charge in [0.2, 0.25) is 5.78 Å². The monoisotopic (exact) mass is 520 g/mol. The zero-order chi connectivity index (χ0) is 27.1. The highest BCUT2D eigenvalue weighted by Gasteiger charge is 2.33. The first-order valence-corrected chi connectivity index (χ1v) is 11.6. The van der Waals surface area contributed by atoms with Gasteiger partial charge >= 0.3 is 12.1 Å². The number of carbonyl (C=O) groups is 3. The van der Waals surface area contributed by atoms with Crippen molar-refractivity contribution in [2.45, 2.75) is 32.4 Å². The fraction of sp³-hybridized carbons (Fsp3) is 0.346. The van der Waals surface area contributed by atoms with Gasteiger partial charge in [0.25, 0.3) is 0 Å². The molecule has 2 aromatic rings. The van der Waals surface area contributed by atoms with Gasteiger partial charge in [-0.1, -0.05) is 30.3 Å². The topological polar surface area (TPSA) is 96.4 Å². The maximum Gasteiger partial charge on any atom is 0.410 e. The van der Waals surface area contributed by atoms with Crippen LogP contribution >= 0.6 is 0 Å². The van der Waals surface area contributed by atoms with E-state index in [1.807, 2.05) is 18.2 Å². The average molecular weight is 521 g/mol. The molecule has 2 aromatic carbocycles. The molecule has 11 heteroatoms. The number of rotatable bonds is 9. The number of nitrogens with zero attached hydrogens (tertiary/aromatic N) is 2. The third-order valence-corrected chi connectivity index (χ3v) is 5.98. The van der Waals surface area contributed by atoms with Crippen molar-refractivity contribution in [3.63, 3.8) is 0 Å². The van der Waals surface area contributed by atoms with Crippen molar-refractivity contribution < 1.29 is 42.1 Å². The maximum absolute atomic E-state index is 15.1. The molecule has 3 rings (SSSR count). The number of benzene rings is 2. The fourth-order valence-corrected chi connectivity index (χ4v) is 4.00. The molecular weight excluding hydrogens is 493 g/mol. The van der Waals surface area contributed by atoms with Crippen LogP contribution in [0.15, 0.2) is 48.2 Å². The second-order valence-corrected chi connectivity index (χ2v) is 8.40. The van der Waals surface area contributed by atoms with E-state index >= 15 is 8.78 Å². The van der Waals surface area contributed by atoms with Gasteiger partial charge in [0.15, 0.2) is 11.6 Å². The van der Waals surface area contributed by atoms with Crippen molar-refractivity contribution in [2.75, 3.05) is 31.6 Å².